The van der Waals surface area contributed by atoms with Crippen molar-refractivity contribution in [2.75, 3.05) is 0 Å². The Morgan fingerprint density at radius 2 is 1.72 bits per heavy atom. The first-order valence-electron chi connectivity index (χ1n) is 8.75. The molecule has 25 heavy (non-hydrogen) atoms. The van der Waals surface area contributed by atoms with Crippen LogP contribution in [0.3, 0.4) is 0 Å². The summed E-state index contributed by atoms with van der Waals surface area (Å²) in [6.07, 6.45) is 2.10. The van der Waals surface area contributed by atoms with Crippen molar-refractivity contribution in [3.8, 4) is 22.5 Å². The molecule has 0 N–H and O–H groups in total. The Morgan fingerprint density at radius 3 is 2.56 bits per heavy atom. The highest BCUT2D eigenvalue weighted by Gasteiger charge is 2.21. The van der Waals surface area contributed by atoms with E-state index >= 15 is 0 Å². The molecule has 3 nitrogen and oxygen atoms in total. The van der Waals surface area contributed by atoms with Gasteiger partial charge in [0.05, 0.1) is 11.4 Å². The first-order valence-corrected chi connectivity index (χ1v) is 8.75. The van der Waals surface area contributed by atoms with Gasteiger partial charge in [-0.3, -0.25) is 0 Å². The van der Waals surface area contributed by atoms with E-state index in [9.17, 15) is 0 Å². The molecule has 0 amide bonds. The van der Waals surface area contributed by atoms with Gasteiger partial charge in [0, 0.05) is 28.5 Å². The third kappa shape index (κ3) is 2.19. The maximum Gasteiger partial charge on any atom is 0.156 e. The van der Waals surface area contributed by atoms with Crippen molar-refractivity contribution < 1.29 is 0 Å². The van der Waals surface area contributed by atoms with Crippen LogP contribution >= 0.6 is 0 Å². The van der Waals surface area contributed by atoms with Crippen molar-refractivity contribution in [1.29, 1.82) is 0 Å². The van der Waals surface area contributed by atoms with Gasteiger partial charge in [0.2, 0.25) is 0 Å². The molecule has 2 heterocycles. The van der Waals surface area contributed by atoms with Gasteiger partial charge in [-0.2, -0.15) is 5.10 Å². The second kappa shape index (κ2) is 5.28. The van der Waals surface area contributed by atoms with Crippen LogP contribution in [0.15, 0.2) is 54.6 Å². The molecule has 0 aliphatic heterocycles. The first kappa shape index (κ1) is 14.4. The number of fused-ring (bicyclic) bond motifs is 4. The molecule has 2 aromatic carbocycles. The van der Waals surface area contributed by atoms with E-state index in [2.05, 4.69) is 68.4 Å². The van der Waals surface area contributed by atoms with E-state index in [1.807, 2.05) is 4.52 Å². The molecular formula is C22H19N3. The van der Waals surface area contributed by atoms with Crippen LogP contribution < -0.4 is 0 Å². The van der Waals surface area contributed by atoms with Gasteiger partial charge < -0.3 is 0 Å². The molecule has 2 aromatic heterocycles. The minimum Gasteiger partial charge on any atom is -0.228 e. The average Bonchev–Trinajstić information content (AvgIpc) is 3.07. The normalized spacial score (nSPS) is 12.9. The second-order valence-corrected chi connectivity index (χ2v) is 6.85. The fourth-order valence-corrected chi connectivity index (χ4v) is 3.80. The summed E-state index contributed by atoms with van der Waals surface area (Å²) >= 11 is 0. The monoisotopic (exact) mass is 325 g/mol. The molecule has 1 aliphatic rings. The molecule has 0 unspecified atom stereocenters. The van der Waals surface area contributed by atoms with Gasteiger partial charge in [0.25, 0.3) is 0 Å². The van der Waals surface area contributed by atoms with E-state index in [1.54, 1.807) is 0 Å². The van der Waals surface area contributed by atoms with Gasteiger partial charge in [0.1, 0.15) is 0 Å². The third-order valence-corrected chi connectivity index (χ3v) is 5.22. The lowest BCUT2D eigenvalue weighted by atomic mass is 9.88. The van der Waals surface area contributed by atoms with E-state index in [4.69, 9.17) is 10.1 Å². The molecule has 0 saturated heterocycles. The molecule has 5 rings (SSSR count). The zero-order valence-corrected chi connectivity index (χ0v) is 14.5. The van der Waals surface area contributed by atoms with Crippen LogP contribution in [0.2, 0.25) is 0 Å². The molecule has 0 radical (unpaired) electrons. The number of nitrogens with zero attached hydrogens (tertiary/aromatic N) is 3. The summed E-state index contributed by atoms with van der Waals surface area (Å²) in [5.41, 5.74) is 10.6. The summed E-state index contributed by atoms with van der Waals surface area (Å²) in [6.45, 7) is 4.26. The average molecular weight is 325 g/mol. The number of rotatable bonds is 1. The largest absolute Gasteiger partial charge is 0.228 e. The maximum atomic E-state index is 4.98. The van der Waals surface area contributed by atoms with E-state index in [1.165, 1.54) is 27.9 Å². The molecule has 3 heteroatoms. The SMILES string of the molecule is Cc1ccc(-c2cc3nc4c(c(C)n3n2)CCc2ccccc2-4)cc1. The van der Waals surface area contributed by atoms with Crippen LogP contribution in [0, 0.1) is 13.8 Å². The number of benzene rings is 2. The van der Waals surface area contributed by atoms with Crippen molar-refractivity contribution in [3.05, 3.63) is 77.0 Å². The fraction of sp³-hybridized carbons (Fsp3) is 0.182. The first-order chi connectivity index (χ1) is 12.2. The molecule has 0 bridgehead atoms. The number of hydrogen-bond donors (Lipinski definition) is 0. The summed E-state index contributed by atoms with van der Waals surface area (Å²) in [5.74, 6) is 0. The molecule has 0 saturated carbocycles. The summed E-state index contributed by atoms with van der Waals surface area (Å²) < 4.78 is 2.00. The predicted molar refractivity (Wildman–Crippen MR) is 101 cm³/mol. The van der Waals surface area contributed by atoms with Gasteiger partial charge >= 0.3 is 0 Å². The lowest BCUT2D eigenvalue weighted by Crippen LogP contribution is -2.11. The lowest BCUT2D eigenvalue weighted by Gasteiger charge is -2.20. The van der Waals surface area contributed by atoms with Crippen molar-refractivity contribution in [1.82, 2.24) is 14.6 Å². The number of aryl methyl sites for hydroxylation is 3. The summed E-state index contributed by atoms with van der Waals surface area (Å²) in [7, 11) is 0. The van der Waals surface area contributed by atoms with Gasteiger partial charge in [-0.1, -0.05) is 54.1 Å². The molecular weight excluding hydrogens is 306 g/mol. The van der Waals surface area contributed by atoms with Crippen LogP contribution in [0.4, 0.5) is 0 Å². The Hall–Kier alpha value is -2.94. The van der Waals surface area contributed by atoms with E-state index in [0.717, 1.165) is 35.4 Å². The Balaban J connectivity index is 1.74. The highest BCUT2D eigenvalue weighted by molar-refractivity contribution is 5.73. The van der Waals surface area contributed by atoms with Crippen LogP contribution in [0.1, 0.15) is 22.4 Å². The van der Waals surface area contributed by atoms with Gasteiger partial charge in [0.15, 0.2) is 5.65 Å². The molecule has 0 spiro atoms. The quantitative estimate of drug-likeness (QED) is 0.504. The summed E-state index contributed by atoms with van der Waals surface area (Å²) in [4.78, 5) is 4.98. The fourth-order valence-electron chi connectivity index (χ4n) is 3.80. The highest BCUT2D eigenvalue weighted by atomic mass is 15.3. The van der Waals surface area contributed by atoms with Crippen LogP contribution in [0.5, 0.6) is 0 Å². The molecule has 0 fully saturated rings. The van der Waals surface area contributed by atoms with Crippen molar-refractivity contribution in [2.45, 2.75) is 26.7 Å². The van der Waals surface area contributed by atoms with Crippen molar-refractivity contribution >= 4 is 5.65 Å². The minimum atomic E-state index is 0.920. The Bertz CT molecular complexity index is 1100. The van der Waals surface area contributed by atoms with Crippen molar-refractivity contribution in [2.24, 2.45) is 0 Å². The lowest BCUT2D eigenvalue weighted by molar-refractivity contribution is 0.834. The molecule has 122 valence electrons. The topological polar surface area (TPSA) is 30.2 Å². The van der Waals surface area contributed by atoms with Gasteiger partial charge in [-0.15, -0.1) is 0 Å². The van der Waals surface area contributed by atoms with Crippen molar-refractivity contribution in [3.63, 3.8) is 0 Å². The standard InChI is InChI=1S/C22H19N3/c1-14-7-9-17(10-8-14)20-13-21-23-22-18(15(2)25(21)24-20)12-11-16-5-3-4-6-19(16)22/h3-10,13H,11-12H2,1-2H3. The van der Waals surface area contributed by atoms with Gasteiger partial charge in [-0.05, 0) is 32.3 Å². The summed E-state index contributed by atoms with van der Waals surface area (Å²) in [5, 5.41) is 4.83. The van der Waals surface area contributed by atoms with E-state index < -0.39 is 0 Å². The van der Waals surface area contributed by atoms with Crippen LogP contribution in [0.25, 0.3) is 28.2 Å². The van der Waals surface area contributed by atoms with E-state index in [0.29, 0.717) is 0 Å². The Kier molecular flexibility index (Phi) is 3.04. The Morgan fingerprint density at radius 1 is 0.920 bits per heavy atom. The Labute approximate surface area is 147 Å². The molecule has 0 atom stereocenters. The maximum absolute atomic E-state index is 4.98. The zero-order chi connectivity index (χ0) is 17.0. The molecule has 4 aromatic rings. The van der Waals surface area contributed by atoms with Crippen LogP contribution in [-0.4, -0.2) is 14.6 Å². The molecule has 1 aliphatic carbocycles. The number of aromatic nitrogens is 3. The number of hydrogen-bond acceptors (Lipinski definition) is 2. The zero-order valence-electron chi connectivity index (χ0n) is 14.5. The minimum absolute atomic E-state index is 0.920. The smallest absolute Gasteiger partial charge is 0.156 e. The van der Waals surface area contributed by atoms with Gasteiger partial charge in [-0.25, -0.2) is 9.50 Å². The van der Waals surface area contributed by atoms with E-state index in [-0.39, 0.29) is 0 Å². The summed E-state index contributed by atoms with van der Waals surface area (Å²) in [6, 6.07) is 19.2. The second-order valence-electron chi connectivity index (χ2n) is 6.85. The highest BCUT2D eigenvalue weighted by Crippen LogP contribution is 2.34. The predicted octanol–water partition coefficient (Wildman–Crippen LogP) is 4.78. The van der Waals surface area contributed by atoms with Crippen LogP contribution in [-0.2, 0) is 12.8 Å². The third-order valence-electron chi connectivity index (χ3n) is 5.22.